The fraction of sp³-hybridized carbons (Fsp3) is 0.167. The summed E-state index contributed by atoms with van der Waals surface area (Å²) < 4.78 is 27.1. The summed E-state index contributed by atoms with van der Waals surface area (Å²) in [5, 5.41) is 2.67. The zero-order chi connectivity index (χ0) is 19.6. The van der Waals surface area contributed by atoms with Crippen LogP contribution < -0.4 is 11.1 Å². The molecule has 0 unspecified atom stereocenters. The summed E-state index contributed by atoms with van der Waals surface area (Å²) >= 11 is 0.274. The molecule has 3 aromatic rings. The molecule has 2 amide bonds. The van der Waals surface area contributed by atoms with Crippen LogP contribution in [0, 0.1) is 6.92 Å². The van der Waals surface area contributed by atoms with Gasteiger partial charge >= 0.3 is 0 Å². The maximum Gasteiger partial charge on any atom is 0.291 e. The van der Waals surface area contributed by atoms with Crippen molar-refractivity contribution in [2.24, 2.45) is 5.73 Å². The number of nitrogens with zero attached hydrogens (tertiary/aromatic N) is 2. The van der Waals surface area contributed by atoms with E-state index >= 15 is 0 Å². The quantitative estimate of drug-likeness (QED) is 0.631. The first kappa shape index (κ1) is 18.8. The van der Waals surface area contributed by atoms with Crippen LogP contribution in [0.2, 0.25) is 0 Å². The Hall–Kier alpha value is -2.94. The average Bonchev–Trinajstić information content (AvgIpc) is 2.91. The number of para-hydroxylation sites is 2. The van der Waals surface area contributed by atoms with Crippen molar-refractivity contribution >= 4 is 40.3 Å². The van der Waals surface area contributed by atoms with Gasteiger partial charge in [-0.05, 0) is 42.4 Å². The zero-order valence-corrected chi connectivity index (χ0v) is 15.1. The molecule has 9 heteroatoms. The van der Waals surface area contributed by atoms with E-state index < -0.39 is 17.6 Å². The number of benzene rings is 2. The zero-order valence-electron chi connectivity index (χ0n) is 14.3. The van der Waals surface area contributed by atoms with Crippen molar-refractivity contribution in [1.29, 1.82) is 0 Å². The summed E-state index contributed by atoms with van der Waals surface area (Å²) in [6.07, 6.45) is 0. The molecular weight excluding hydrogens is 374 g/mol. The molecule has 0 spiro atoms. The fourth-order valence-electron chi connectivity index (χ4n) is 2.81. The summed E-state index contributed by atoms with van der Waals surface area (Å²) in [7, 11) is 0. The fourth-order valence-corrected chi connectivity index (χ4v) is 3.41. The van der Waals surface area contributed by atoms with E-state index in [1.807, 2.05) is 0 Å². The first-order valence-electron chi connectivity index (χ1n) is 7.96. The normalized spacial score (nSPS) is 11.1. The van der Waals surface area contributed by atoms with Gasteiger partial charge in [-0.2, -0.15) is 8.78 Å². The van der Waals surface area contributed by atoms with Crippen molar-refractivity contribution in [3.63, 3.8) is 0 Å². The number of rotatable bonds is 6. The van der Waals surface area contributed by atoms with Crippen molar-refractivity contribution in [3.8, 4) is 0 Å². The smallest absolute Gasteiger partial charge is 0.291 e. The Labute approximate surface area is 157 Å². The van der Waals surface area contributed by atoms with Crippen LogP contribution >= 0.6 is 11.8 Å². The Kier molecular flexibility index (Phi) is 5.41. The molecule has 0 aliphatic rings. The van der Waals surface area contributed by atoms with Gasteiger partial charge in [0.1, 0.15) is 6.54 Å². The van der Waals surface area contributed by atoms with Crippen LogP contribution in [0.15, 0.2) is 47.6 Å². The number of thioether (sulfide) groups is 1. The van der Waals surface area contributed by atoms with Crippen molar-refractivity contribution in [1.82, 2.24) is 9.55 Å². The maximum absolute atomic E-state index is 12.9. The second-order valence-corrected chi connectivity index (χ2v) is 6.71. The van der Waals surface area contributed by atoms with E-state index in [1.165, 1.54) is 4.57 Å². The number of aryl methyl sites for hydroxylation is 1. The lowest BCUT2D eigenvalue weighted by Gasteiger charge is -2.13. The molecule has 27 heavy (non-hydrogen) atoms. The number of imidazole rings is 1. The van der Waals surface area contributed by atoms with Gasteiger partial charge in [0.25, 0.3) is 11.7 Å². The van der Waals surface area contributed by atoms with Gasteiger partial charge in [-0.15, -0.1) is 0 Å². The number of aromatic nitrogens is 2. The predicted octanol–water partition coefficient (Wildman–Crippen LogP) is 3.40. The van der Waals surface area contributed by atoms with Crippen LogP contribution in [0.3, 0.4) is 0 Å². The molecule has 0 saturated heterocycles. The number of carbonyl (C=O) groups excluding carboxylic acids is 2. The second-order valence-electron chi connectivity index (χ2n) is 5.76. The third kappa shape index (κ3) is 4.08. The number of nitrogens with two attached hydrogens (primary N) is 1. The number of hydrogen-bond donors (Lipinski definition) is 2. The van der Waals surface area contributed by atoms with E-state index in [9.17, 15) is 18.4 Å². The summed E-state index contributed by atoms with van der Waals surface area (Å²) in [5.74, 6) is -3.81. The van der Waals surface area contributed by atoms with Crippen LogP contribution in [0.1, 0.15) is 15.9 Å². The van der Waals surface area contributed by atoms with Crippen molar-refractivity contribution in [2.75, 3.05) is 5.32 Å². The van der Waals surface area contributed by atoms with Crippen molar-refractivity contribution in [3.05, 3.63) is 53.6 Å². The number of nitrogens with one attached hydrogen (secondary N) is 1. The van der Waals surface area contributed by atoms with E-state index in [1.54, 1.807) is 49.4 Å². The molecule has 2 aromatic carbocycles. The molecule has 6 nitrogen and oxygen atoms in total. The number of fused-ring (bicyclic) bond motifs is 1. The van der Waals surface area contributed by atoms with Gasteiger partial charge in [-0.1, -0.05) is 24.3 Å². The number of carbonyl (C=O) groups is 2. The summed E-state index contributed by atoms with van der Waals surface area (Å²) in [5.41, 5.74) is 7.59. The van der Waals surface area contributed by atoms with Crippen LogP contribution in [-0.4, -0.2) is 27.1 Å². The summed E-state index contributed by atoms with van der Waals surface area (Å²) in [6.45, 7) is 1.47. The van der Waals surface area contributed by atoms with E-state index in [4.69, 9.17) is 5.73 Å². The number of primary amides is 1. The molecule has 1 heterocycles. The molecule has 140 valence electrons. The molecule has 3 N–H and O–H groups in total. The predicted molar refractivity (Wildman–Crippen MR) is 99.9 cm³/mol. The third-order valence-corrected chi connectivity index (χ3v) is 4.61. The van der Waals surface area contributed by atoms with Crippen molar-refractivity contribution in [2.45, 2.75) is 24.4 Å². The molecule has 0 radical (unpaired) electrons. The average molecular weight is 390 g/mol. The number of hydrogen-bond acceptors (Lipinski definition) is 4. The van der Waals surface area contributed by atoms with Gasteiger partial charge in [-0.3, -0.25) is 9.59 Å². The summed E-state index contributed by atoms with van der Waals surface area (Å²) in [4.78, 5) is 28.4. The van der Waals surface area contributed by atoms with Gasteiger partial charge in [0, 0.05) is 0 Å². The molecule has 0 atom stereocenters. The Bertz CT molecular complexity index is 1020. The maximum atomic E-state index is 12.9. The number of alkyl halides is 2. The molecule has 0 fully saturated rings. The second kappa shape index (κ2) is 7.75. The van der Waals surface area contributed by atoms with E-state index in [0.29, 0.717) is 16.6 Å². The molecule has 0 saturated carbocycles. The lowest BCUT2D eigenvalue weighted by Crippen LogP contribution is -2.23. The SMILES string of the molecule is Cc1cccc(NC(=O)Cn2c(SC(F)F)nc3ccccc32)c1C(N)=O. The number of halogens is 2. The lowest BCUT2D eigenvalue weighted by molar-refractivity contribution is -0.116. The Morgan fingerprint density at radius 3 is 2.67 bits per heavy atom. The highest BCUT2D eigenvalue weighted by Gasteiger charge is 2.19. The first-order valence-corrected chi connectivity index (χ1v) is 8.84. The van der Waals surface area contributed by atoms with Gasteiger partial charge in [0.2, 0.25) is 5.91 Å². The minimum absolute atomic E-state index is 0.0423. The monoisotopic (exact) mass is 390 g/mol. The Morgan fingerprint density at radius 2 is 1.96 bits per heavy atom. The van der Waals surface area contributed by atoms with Gasteiger partial charge in [0.15, 0.2) is 5.16 Å². The minimum atomic E-state index is -2.66. The standard InChI is InChI=1S/C18H16F2N4O2S/c1-10-5-4-7-12(15(10)16(21)26)22-14(25)9-24-13-8-3-2-6-11(13)23-18(24)27-17(19)20/h2-8,17H,9H2,1H3,(H2,21,26)(H,22,25). The van der Waals surface area contributed by atoms with Crippen molar-refractivity contribution < 1.29 is 18.4 Å². The van der Waals surface area contributed by atoms with E-state index in [-0.39, 0.29) is 34.7 Å². The highest BCUT2D eigenvalue weighted by Crippen LogP contribution is 2.28. The number of amides is 2. The largest absolute Gasteiger partial charge is 0.366 e. The van der Waals surface area contributed by atoms with Gasteiger partial charge < -0.3 is 15.6 Å². The number of anilines is 1. The molecule has 0 aliphatic carbocycles. The summed E-state index contributed by atoms with van der Waals surface area (Å²) in [6, 6.07) is 11.8. The topological polar surface area (TPSA) is 90.0 Å². The van der Waals surface area contributed by atoms with Crippen LogP contribution in [0.25, 0.3) is 11.0 Å². The Morgan fingerprint density at radius 1 is 1.22 bits per heavy atom. The highest BCUT2D eigenvalue weighted by molar-refractivity contribution is 7.99. The van der Waals surface area contributed by atoms with Crippen LogP contribution in [-0.2, 0) is 11.3 Å². The lowest BCUT2D eigenvalue weighted by atomic mass is 10.1. The Balaban J connectivity index is 1.91. The first-order chi connectivity index (χ1) is 12.9. The minimum Gasteiger partial charge on any atom is -0.366 e. The van der Waals surface area contributed by atoms with Gasteiger partial charge in [-0.25, -0.2) is 4.98 Å². The molecule has 3 rings (SSSR count). The van der Waals surface area contributed by atoms with Crippen LogP contribution in [0.5, 0.6) is 0 Å². The van der Waals surface area contributed by atoms with Crippen LogP contribution in [0.4, 0.5) is 14.5 Å². The van der Waals surface area contributed by atoms with E-state index in [0.717, 1.165) is 0 Å². The van der Waals surface area contributed by atoms with Gasteiger partial charge in [0.05, 0.1) is 22.3 Å². The highest BCUT2D eigenvalue weighted by atomic mass is 32.2. The molecule has 1 aromatic heterocycles. The molecule has 0 bridgehead atoms. The van der Waals surface area contributed by atoms with E-state index in [2.05, 4.69) is 10.3 Å². The molecular formula is C18H16F2N4O2S. The third-order valence-electron chi connectivity index (χ3n) is 3.91. The molecule has 0 aliphatic heterocycles.